The average Bonchev–Trinajstić information content (AvgIpc) is 3.00. The summed E-state index contributed by atoms with van der Waals surface area (Å²) in [6.45, 7) is 2.53. The molecule has 1 fully saturated rings. The van der Waals surface area contributed by atoms with Crippen molar-refractivity contribution in [1.29, 1.82) is 0 Å². The van der Waals surface area contributed by atoms with Crippen molar-refractivity contribution < 1.29 is 15.0 Å². The van der Waals surface area contributed by atoms with E-state index in [0.29, 0.717) is 17.6 Å². The van der Waals surface area contributed by atoms with Crippen molar-refractivity contribution in [1.82, 2.24) is 0 Å². The number of carboxylic acid groups (broad SMARTS) is 1. The Morgan fingerprint density at radius 1 is 1.08 bits per heavy atom. The zero-order valence-electron chi connectivity index (χ0n) is 16.7. The van der Waals surface area contributed by atoms with Gasteiger partial charge in [-0.1, -0.05) is 57.6 Å². The number of unbranched alkanes of at least 4 members (excludes halogenated alkanes) is 7. The van der Waals surface area contributed by atoms with Gasteiger partial charge >= 0.3 is 5.97 Å². The Morgan fingerprint density at radius 2 is 1.85 bits per heavy atom. The molecule has 1 saturated carbocycles. The molecule has 0 heterocycles. The Balaban J connectivity index is 2.35. The van der Waals surface area contributed by atoms with Gasteiger partial charge in [0.15, 0.2) is 0 Å². The van der Waals surface area contributed by atoms with E-state index in [0.717, 1.165) is 30.9 Å². The number of aliphatic carboxylic acids is 1. The third-order valence-corrected chi connectivity index (χ3v) is 6.91. The van der Waals surface area contributed by atoms with E-state index < -0.39 is 5.97 Å². The summed E-state index contributed by atoms with van der Waals surface area (Å²) in [6.07, 6.45) is 19.8. The van der Waals surface area contributed by atoms with Crippen LogP contribution < -0.4 is 0 Å². The topological polar surface area (TPSA) is 57.5 Å². The Hall–Kier alpha value is -0.480. The van der Waals surface area contributed by atoms with E-state index in [-0.39, 0.29) is 6.61 Å². The van der Waals surface area contributed by atoms with E-state index in [1.807, 2.05) is 11.8 Å². The highest BCUT2D eigenvalue weighted by Gasteiger charge is 2.33. The summed E-state index contributed by atoms with van der Waals surface area (Å²) in [5.74, 6) is 1.62. The van der Waals surface area contributed by atoms with Crippen LogP contribution >= 0.6 is 11.8 Å². The highest BCUT2D eigenvalue weighted by Crippen LogP contribution is 2.42. The van der Waals surface area contributed by atoms with Crippen LogP contribution in [-0.2, 0) is 4.79 Å². The van der Waals surface area contributed by atoms with Crippen molar-refractivity contribution in [3.8, 4) is 0 Å². The number of hydrogen-bond acceptors (Lipinski definition) is 3. The smallest absolute Gasteiger partial charge is 0.303 e. The predicted octanol–water partition coefficient (Wildman–Crippen LogP) is 6.06. The molecule has 26 heavy (non-hydrogen) atoms. The number of hydrogen-bond donors (Lipinski definition) is 2. The minimum absolute atomic E-state index is 0.281. The molecular formula is C22H40O3S. The lowest BCUT2D eigenvalue weighted by molar-refractivity contribution is -0.137. The van der Waals surface area contributed by atoms with Crippen molar-refractivity contribution in [3.63, 3.8) is 0 Å². The molecule has 0 spiro atoms. The molecule has 2 N–H and O–H groups in total. The molecular weight excluding hydrogens is 344 g/mol. The SMILES string of the molecule is CCCCCCC=C[C@@H]1[C@@H](CCCCCCC(=O)O)CC[C@@H]1SCCO. The quantitative estimate of drug-likeness (QED) is 0.251. The van der Waals surface area contributed by atoms with Gasteiger partial charge in [-0.3, -0.25) is 4.79 Å². The van der Waals surface area contributed by atoms with Crippen LogP contribution in [0.3, 0.4) is 0 Å². The minimum Gasteiger partial charge on any atom is -0.481 e. The van der Waals surface area contributed by atoms with Crippen LogP contribution in [-0.4, -0.2) is 33.8 Å². The predicted molar refractivity (Wildman–Crippen MR) is 113 cm³/mol. The maximum absolute atomic E-state index is 10.6. The number of carbonyl (C=O) groups is 1. The normalized spacial score (nSPS) is 23.1. The second-order valence-electron chi connectivity index (χ2n) is 7.67. The fourth-order valence-corrected chi connectivity index (χ4v) is 5.31. The number of allylic oxidation sites excluding steroid dienone is 2. The molecule has 0 aromatic heterocycles. The Labute approximate surface area is 165 Å². The lowest BCUT2D eigenvalue weighted by atomic mass is 9.89. The number of rotatable bonds is 16. The Kier molecular flexibility index (Phi) is 14.1. The van der Waals surface area contributed by atoms with Crippen molar-refractivity contribution in [2.75, 3.05) is 12.4 Å². The molecule has 0 aromatic carbocycles. The summed E-state index contributed by atoms with van der Waals surface area (Å²) in [7, 11) is 0. The molecule has 0 bridgehead atoms. The molecule has 0 saturated heterocycles. The number of thioether (sulfide) groups is 1. The maximum atomic E-state index is 10.6. The van der Waals surface area contributed by atoms with Gasteiger partial charge in [0.1, 0.15) is 0 Å². The molecule has 3 atom stereocenters. The molecule has 0 amide bonds. The van der Waals surface area contributed by atoms with E-state index >= 15 is 0 Å². The monoisotopic (exact) mass is 384 g/mol. The van der Waals surface area contributed by atoms with Crippen LogP contribution in [0.2, 0.25) is 0 Å². The molecule has 3 nitrogen and oxygen atoms in total. The molecule has 1 aliphatic carbocycles. The minimum atomic E-state index is -0.673. The number of carboxylic acids is 1. The van der Waals surface area contributed by atoms with Gasteiger partial charge in [0, 0.05) is 17.4 Å². The second-order valence-corrected chi connectivity index (χ2v) is 9.02. The van der Waals surface area contributed by atoms with Gasteiger partial charge in [0.2, 0.25) is 0 Å². The summed E-state index contributed by atoms with van der Waals surface area (Å²) in [4.78, 5) is 10.6. The summed E-state index contributed by atoms with van der Waals surface area (Å²) >= 11 is 1.95. The molecule has 1 aliphatic rings. The van der Waals surface area contributed by atoms with E-state index in [9.17, 15) is 4.79 Å². The van der Waals surface area contributed by atoms with Crippen LogP contribution in [0, 0.1) is 11.8 Å². The summed E-state index contributed by atoms with van der Waals surface area (Å²) < 4.78 is 0. The molecule has 0 radical (unpaired) electrons. The van der Waals surface area contributed by atoms with Gasteiger partial charge in [-0.15, -0.1) is 0 Å². The lowest BCUT2D eigenvalue weighted by Gasteiger charge is -2.22. The van der Waals surface area contributed by atoms with Crippen molar-refractivity contribution in [2.45, 2.75) is 95.6 Å². The van der Waals surface area contributed by atoms with Crippen molar-refractivity contribution in [2.24, 2.45) is 11.8 Å². The lowest BCUT2D eigenvalue weighted by Crippen LogP contribution is -2.15. The van der Waals surface area contributed by atoms with Gasteiger partial charge in [-0.05, 0) is 50.4 Å². The van der Waals surface area contributed by atoms with E-state index in [2.05, 4.69) is 19.1 Å². The largest absolute Gasteiger partial charge is 0.481 e. The van der Waals surface area contributed by atoms with E-state index in [4.69, 9.17) is 10.2 Å². The molecule has 0 aliphatic heterocycles. The fourth-order valence-electron chi connectivity index (χ4n) is 4.06. The molecule has 1 rings (SSSR count). The first-order valence-corrected chi connectivity index (χ1v) is 11.8. The second kappa shape index (κ2) is 15.6. The van der Waals surface area contributed by atoms with E-state index in [1.54, 1.807) is 0 Å². The summed E-state index contributed by atoms with van der Waals surface area (Å²) in [5, 5.41) is 18.5. The van der Waals surface area contributed by atoms with Crippen LogP contribution in [0.4, 0.5) is 0 Å². The zero-order valence-corrected chi connectivity index (χ0v) is 17.5. The highest BCUT2D eigenvalue weighted by molar-refractivity contribution is 7.99. The van der Waals surface area contributed by atoms with Crippen molar-refractivity contribution >= 4 is 17.7 Å². The first kappa shape index (κ1) is 23.6. The van der Waals surface area contributed by atoms with Gasteiger partial charge in [-0.2, -0.15) is 11.8 Å². The van der Waals surface area contributed by atoms with Crippen LogP contribution in [0.5, 0.6) is 0 Å². The third-order valence-electron chi connectivity index (χ3n) is 5.52. The first-order valence-electron chi connectivity index (χ1n) is 10.8. The van der Waals surface area contributed by atoms with Crippen LogP contribution in [0.1, 0.15) is 90.4 Å². The van der Waals surface area contributed by atoms with Gasteiger partial charge in [0.05, 0.1) is 6.61 Å². The van der Waals surface area contributed by atoms with Crippen LogP contribution in [0.25, 0.3) is 0 Å². The molecule has 0 unspecified atom stereocenters. The molecule has 4 heteroatoms. The van der Waals surface area contributed by atoms with Gasteiger partial charge in [-0.25, -0.2) is 0 Å². The highest BCUT2D eigenvalue weighted by atomic mass is 32.2. The number of aliphatic hydroxyl groups excluding tert-OH is 1. The van der Waals surface area contributed by atoms with E-state index in [1.165, 1.54) is 57.8 Å². The standard InChI is InChI=1S/C22H40O3S/c1-2-3-4-5-6-10-13-20-19(15-16-21(20)26-18-17-23)12-9-7-8-11-14-22(24)25/h10,13,19-21,23H,2-9,11-12,14-18H2,1H3,(H,24,25)/t19-,20+,21-/m0/s1. The zero-order chi connectivity index (χ0) is 19.0. The van der Waals surface area contributed by atoms with Crippen molar-refractivity contribution in [3.05, 3.63) is 12.2 Å². The number of aliphatic hydroxyl groups is 1. The fraction of sp³-hybridized carbons (Fsp3) is 0.864. The average molecular weight is 385 g/mol. The first-order chi connectivity index (χ1) is 12.7. The summed E-state index contributed by atoms with van der Waals surface area (Å²) in [6, 6.07) is 0. The third kappa shape index (κ3) is 10.6. The molecule has 152 valence electrons. The Bertz CT molecular complexity index is 384. The Morgan fingerprint density at radius 3 is 2.58 bits per heavy atom. The molecule has 0 aromatic rings. The van der Waals surface area contributed by atoms with Gasteiger partial charge < -0.3 is 10.2 Å². The van der Waals surface area contributed by atoms with Gasteiger partial charge in [0.25, 0.3) is 0 Å². The maximum Gasteiger partial charge on any atom is 0.303 e. The summed E-state index contributed by atoms with van der Waals surface area (Å²) in [5.41, 5.74) is 0. The van der Waals surface area contributed by atoms with Crippen LogP contribution in [0.15, 0.2) is 12.2 Å².